The molecule has 0 aliphatic heterocycles. The van der Waals surface area contributed by atoms with Gasteiger partial charge in [-0.1, -0.05) is 272 Å². The Morgan fingerprint density at radius 1 is 0.292 bits per heavy atom. The van der Waals surface area contributed by atoms with E-state index in [1.165, 1.54) is 154 Å². The molecule has 0 aromatic carbocycles. The number of esters is 3. The summed E-state index contributed by atoms with van der Waals surface area (Å²) in [5.41, 5.74) is 0. The van der Waals surface area contributed by atoms with Crippen molar-refractivity contribution in [3.05, 3.63) is 97.2 Å². The van der Waals surface area contributed by atoms with Crippen LogP contribution in [-0.2, 0) is 28.6 Å². The van der Waals surface area contributed by atoms with Gasteiger partial charge >= 0.3 is 17.9 Å². The number of ether oxygens (including phenoxy) is 3. The van der Waals surface area contributed by atoms with E-state index in [4.69, 9.17) is 14.2 Å². The molecule has 6 heteroatoms. The summed E-state index contributed by atoms with van der Waals surface area (Å²) in [5, 5.41) is 0. The van der Waals surface area contributed by atoms with Gasteiger partial charge in [0.2, 0.25) is 0 Å². The molecule has 0 rings (SSSR count). The van der Waals surface area contributed by atoms with Crippen molar-refractivity contribution in [1.82, 2.24) is 0 Å². The summed E-state index contributed by atoms with van der Waals surface area (Å²) in [6.45, 7) is 6.40. The van der Waals surface area contributed by atoms with E-state index in [-0.39, 0.29) is 31.6 Å². The van der Waals surface area contributed by atoms with Gasteiger partial charge in [0, 0.05) is 19.3 Å². The van der Waals surface area contributed by atoms with Crippen LogP contribution < -0.4 is 0 Å². The number of allylic oxidation sites excluding steroid dienone is 16. The predicted octanol–water partition coefficient (Wildman–Crippen LogP) is 20.5. The van der Waals surface area contributed by atoms with E-state index in [1.807, 2.05) is 12.2 Å². The molecule has 0 spiro atoms. The summed E-state index contributed by atoms with van der Waals surface area (Å²) in [5.74, 6) is -0.997. The lowest BCUT2D eigenvalue weighted by molar-refractivity contribution is -0.166. The van der Waals surface area contributed by atoms with Crippen molar-refractivity contribution < 1.29 is 28.6 Å². The Labute approximate surface area is 445 Å². The molecule has 6 nitrogen and oxygen atoms in total. The van der Waals surface area contributed by atoms with Crippen LogP contribution >= 0.6 is 0 Å². The molecule has 0 N–H and O–H groups in total. The van der Waals surface area contributed by atoms with Crippen molar-refractivity contribution in [3.8, 4) is 0 Å². The summed E-state index contributed by atoms with van der Waals surface area (Å²) in [4.78, 5) is 37.9. The van der Waals surface area contributed by atoms with Crippen LogP contribution in [0, 0.1) is 0 Å². The van der Waals surface area contributed by atoms with Crippen LogP contribution in [-0.4, -0.2) is 37.2 Å². The quantitative estimate of drug-likeness (QED) is 0.0261. The normalized spacial score (nSPS) is 12.8. The van der Waals surface area contributed by atoms with Crippen molar-refractivity contribution in [2.45, 2.75) is 290 Å². The third-order valence-electron chi connectivity index (χ3n) is 12.8. The van der Waals surface area contributed by atoms with Gasteiger partial charge in [0.05, 0.1) is 0 Å². The Morgan fingerprint density at radius 3 is 0.903 bits per heavy atom. The first-order valence-corrected chi connectivity index (χ1v) is 30.2. The van der Waals surface area contributed by atoms with Crippen LogP contribution in [0.4, 0.5) is 0 Å². The average Bonchev–Trinajstić information content (AvgIpc) is 3.38. The van der Waals surface area contributed by atoms with Gasteiger partial charge in [-0.2, -0.15) is 0 Å². The number of unbranched alkanes of at least 4 members (excludes halogenated alkanes) is 27. The smallest absolute Gasteiger partial charge is 0.306 e. The number of carbonyl (C=O) groups excluding carboxylic acids is 3. The van der Waals surface area contributed by atoms with Crippen molar-refractivity contribution in [2.24, 2.45) is 0 Å². The van der Waals surface area contributed by atoms with Crippen molar-refractivity contribution in [2.75, 3.05) is 13.2 Å². The fraction of sp³-hybridized carbons (Fsp3) is 0.712. The summed E-state index contributed by atoms with van der Waals surface area (Å²) in [6, 6.07) is 0. The Bertz CT molecular complexity index is 1430. The highest BCUT2D eigenvalue weighted by Crippen LogP contribution is 2.16. The molecule has 412 valence electrons. The minimum absolute atomic E-state index is 0.106. The predicted molar refractivity (Wildman–Crippen MR) is 311 cm³/mol. The lowest BCUT2D eigenvalue weighted by atomic mass is 10.0. The van der Waals surface area contributed by atoms with Gasteiger partial charge in [-0.25, -0.2) is 0 Å². The lowest BCUT2D eigenvalue weighted by Crippen LogP contribution is -2.30. The number of hydrogen-bond acceptors (Lipinski definition) is 6. The molecule has 0 saturated heterocycles. The van der Waals surface area contributed by atoms with Crippen molar-refractivity contribution >= 4 is 17.9 Å². The van der Waals surface area contributed by atoms with Gasteiger partial charge < -0.3 is 14.2 Å². The van der Waals surface area contributed by atoms with Gasteiger partial charge in [0.1, 0.15) is 13.2 Å². The zero-order valence-corrected chi connectivity index (χ0v) is 47.2. The van der Waals surface area contributed by atoms with Crippen LogP contribution in [0.1, 0.15) is 284 Å². The monoisotopic (exact) mass is 1000 g/mol. The van der Waals surface area contributed by atoms with E-state index in [2.05, 4.69) is 106 Å². The van der Waals surface area contributed by atoms with Crippen LogP contribution in [0.3, 0.4) is 0 Å². The number of rotatable bonds is 54. The fourth-order valence-electron chi connectivity index (χ4n) is 8.32. The molecule has 0 aliphatic carbocycles. The Morgan fingerprint density at radius 2 is 0.569 bits per heavy atom. The SMILES string of the molecule is CC/C=C\C/C=C\C/C=C\C/C=C\C/C=C\C/C=C\CCC(=O)OC(COC(=O)CCCCCCCC)COC(=O)CCCCCCCCCCCCCCCCCCC/C=C\C/C=C\CCCCCCC. The third-order valence-corrected chi connectivity index (χ3v) is 12.8. The molecular formula is C66H112O6. The van der Waals surface area contributed by atoms with Crippen molar-refractivity contribution in [3.63, 3.8) is 0 Å². The second kappa shape index (κ2) is 59.9. The zero-order chi connectivity index (χ0) is 52.2. The van der Waals surface area contributed by atoms with E-state index in [9.17, 15) is 14.4 Å². The van der Waals surface area contributed by atoms with E-state index in [1.54, 1.807) is 0 Å². The first-order chi connectivity index (χ1) is 35.5. The Kier molecular flexibility index (Phi) is 56.8. The molecule has 0 amide bonds. The maximum Gasteiger partial charge on any atom is 0.306 e. The molecule has 0 heterocycles. The minimum atomic E-state index is -0.814. The molecular weight excluding hydrogens is 889 g/mol. The summed E-state index contributed by atoms with van der Waals surface area (Å²) in [7, 11) is 0. The number of carbonyl (C=O) groups is 3. The first-order valence-electron chi connectivity index (χ1n) is 30.2. The highest BCUT2D eigenvalue weighted by molar-refractivity contribution is 5.71. The second-order valence-electron chi connectivity index (χ2n) is 19.9. The standard InChI is InChI=1S/C66H112O6/c1-4-7-10-13-16-18-20-22-24-26-28-29-30-31-32-33-34-35-36-37-39-40-42-44-46-48-50-53-56-59-65(68)71-62-63(61-70-64(67)58-55-52-15-12-9-6-3)72-66(69)60-57-54-51-49-47-45-43-41-38-27-25-23-21-19-17-14-11-8-5-2/h8,11,17,19-20,22-23,25-26,28,38,41,45,47,51,54,63H,4-7,9-10,12-16,18,21,24,27,29-37,39-40,42-44,46,48-50,52-53,55-62H2,1-3H3/b11-8-,19-17-,22-20-,25-23-,28-26-,41-38-,47-45-,54-51-. The lowest BCUT2D eigenvalue weighted by Gasteiger charge is -2.18. The van der Waals surface area contributed by atoms with Crippen LogP contribution in [0.25, 0.3) is 0 Å². The molecule has 72 heavy (non-hydrogen) atoms. The molecule has 0 aliphatic rings. The summed E-state index contributed by atoms with van der Waals surface area (Å²) >= 11 is 0. The van der Waals surface area contributed by atoms with E-state index in [0.29, 0.717) is 19.3 Å². The zero-order valence-electron chi connectivity index (χ0n) is 47.2. The molecule has 1 unspecified atom stereocenters. The van der Waals surface area contributed by atoms with Crippen molar-refractivity contribution in [1.29, 1.82) is 0 Å². The largest absolute Gasteiger partial charge is 0.462 e. The maximum atomic E-state index is 12.8. The van der Waals surface area contributed by atoms with E-state index in [0.717, 1.165) is 83.5 Å². The maximum absolute atomic E-state index is 12.8. The van der Waals surface area contributed by atoms with Gasteiger partial charge in [-0.05, 0) is 89.9 Å². The van der Waals surface area contributed by atoms with Gasteiger partial charge in [-0.3, -0.25) is 14.4 Å². The minimum Gasteiger partial charge on any atom is -0.462 e. The second-order valence-corrected chi connectivity index (χ2v) is 19.9. The average molecular weight is 1000 g/mol. The van der Waals surface area contributed by atoms with Crippen LogP contribution in [0.2, 0.25) is 0 Å². The van der Waals surface area contributed by atoms with Gasteiger partial charge in [0.25, 0.3) is 0 Å². The Hall–Kier alpha value is -3.67. The molecule has 0 radical (unpaired) electrons. The third kappa shape index (κ3) is 57.2. The topological polar surface area (TPSA) is 78.9 Å². The fourth-order valence-corrected chi connectivity index (χ4v) is 8.32. The summed E-state index contributed by atoms with van der Waals surface area (Å²) in [6.07, 6.45) is 80.4. The summed E-state index contributed by atoms with van der Waals surface area (Å²) < 4.78 is 16.7. The van der Waals surface area contributed by atoms with E-state index >= 15 is 0 Å². The molecule has 0 aromatic heterocycles. The molecule has 0 fully saturated rings. The molecule has 1 atom stereocenters. The Balaban J connectivity index is 4.13. The highest BCUT2D eigenvalue weighted by atomic mass is 16.6. The van der Waals surface area contributed by atoms with Gasteiger partial charge in [-0.15, -0.1) is 0 Å². The molecule has 0 saturated carbocycles. The number of hydrogen-bond donors (Lipinski definition) is 0. The van der Waals surface area contributed by atoms with Crippen LogP contribution in [0.5, 0.6) is 0 Å². The molecule has 0 aromatic rings. The van der Waals surface area contributed by atoms with E-state index < -0.39 is 12.1 Å². The highest BCUT2D eigenvalue weighted by Gasteiger charge is 2.19. The molecule has 0 bridgehead atoms. The first kappa shape index (κ1) is 68.3. The van der Waals surface area contributed by atoms with Gasteiger partial charge in [0.15, 0.2) is 6.10 Å². The van der Waals surface area contributed by atoms with Crippen LogP contribution in [0.15, 0.2) is 97.2 Å².